The number of hydrogen-bond acceptors (Lipinski definition) is 0. The Morgan fingerprint density at radius 1 is 0.909 bits per heavy atom. The van der Waals surface area contributed by atoms with Crippen LogP contribution in [0.3, 0.4) is 0 Å². The molecule has 0 heteroatoms. The van der Waals surface area contributed by atoms with Crippen molar-refractivity contribution in [3.63, 3.8) is 0 Å². The molecule has 1 saturated carbocycles. The Morgan fingerprint density at radius 3 is 2.91 bits per heavy atom. The number of hydrogen-bond donors (Lipinski definition) is 0. The number of rotatable bonds is 0. The van der Waals surface area contributed by atoms with E-state index in [0.29, 0.717) is 0 Å². The molecule has 0 aromatic carbocycles. The molecular formula is C11H18. The first-order valence-corrected chi connectivity index (χ1v) is 5.12. The monoisotopic (exact) mass is 150 g/mol. The molecule has 0 aromatic rings. The van der Waals surface area contributed by atoms with E-state index in [1.54, 1.807) is 0 Å². The van der Waals surface area contributed by atoms with Gasteiger partial charge < -0.3 is 0 Å². The van der Waals surface area contributed by atoms with E-state index in [4.69, 9.17) is 0 Å². The molecule has 62 valence electrons. The molecule has 2 aliphatic rings. The van der Waals surface area contributed by atoms with E-state index >= 15 is 0 Å². The van der Waals surface area contributed by atoms with Crippen LogP contribution in [0.2, 0.25) is 0 Å². The lowest BCUT2D eigenvalue weighted by atomic mass is 10.1. The van der Waals surface area contributed by atoms with Crippen LogP contribution in [0.15, 0.2) is 12.2 Å². The first-order chi connectivity index (χ1) is 5.47. The van der Waals surface area contributed by atoms with Gasteiger partial charge in [0.25, 0.3) is 0 Å². The highest BCUT2D eigenvalue weighted by molar-refractivity contribution is 4.94. The summed E-state index contributed by atoms with van der Waals surface area (Å²) in [7, 11) is 0. The molecule has 2 unspecified atom stereocenters. The van der Waals surface area contributed by atoms with Gasteiger partial charge in [0.1, 0.15) is 0 Å². The molecule has 0 heterocycles. The third-order valence-electron chi connectivity index (χ3n) is 3.12. The van der Waals surface area contributed by atoms with Crippen LogP contribution >= 0.6 is 0 Å². The minimum Gasteiger partial charge on any atom is -0.0885 e. The average Bonchev–Trinajstić information content (AvgIpc) is 2.76. The van der Waals surface area contributed by atoms with Gasteiger partial charge in [-0.05, 0) is 37.5 Å². The SMILES string of the molecule is C1=C\CC2CC2CCCCC/1. The van der Waals surface area contributed by atoms with Crippen molar-refractivity contribution in [3.05, 3.63) is 12.2 Å². The quantitative estimate of drug-likeness (QED) is 0.463. The Balaban J connectivity index is 1.82. The summed E-state index contributed by atoms with van der Waals surface area (Å²) >= 11 is 0. The Hall–Kier alpha value is -0.260. The van der Waals surface area contributed by atoms with Gasteiger partial charge in [-0.2, -0.15) is 0 Å². The van der Waals surface area contributed by atoms with Gasteiger partial charge in [-0.3, -0.25) is 0 Å². The molecule has 2 atom stereocenters. The molecule has 2 rings (SSSR count). The second-order valence-electron chi connectivity index (χ2n) is 4.10. The molecule has 0 amide bonds. The second kappa shape index (κ2) is 3.42. The lowest BCUT2D eigenvalue weighted by molar-refractivity contribution is 0.568. The van der Waals surface area contributed by atoms with Crippen molar-refractivity contribution in [1.82, 2.24) is 0 Å². The molecule has 2 aliphatic carbocycles. The van der Waals surface area contributed by atoms with Crippen molar-refractivity contribution in [3.8, 4) is 0 Å². The summed E-state index contributed by atoms with van der Waals surface area (Å²) < 4.78 is 0. The summed E-state index contributed by atoms with van der Waals surface area (Å²) in [4.78, 5) is 0. The number of fused-ring (bicyclic) bond motifs is 1. The maximum Gasteiger partial charge on any atom is -0.0319 e. The Kier molecular flexibility index (Phi) is 2.30. The van der Waals surface area contributed by atoms with Crippen molar-refractivity contribution >= 4 is 0 Å². The molecule has 0 aromatic heterocycles. The highest BCUT2D eigenvalue weighted by atomic mass is 14.4. The van der Waals surface area contributed by atoms with E-state index in [0.717, 1.165) is 11.8 Å². The van der Waals surface area contributed by atoms with Crippen LogP contribution in [0.25, 0.3) is 0 Å². The molecule has 0 radical (unpaired) electrons. The van der Waals surface area contributed by atoms with Crippen LogP contribution in [0.5, 0.6) is 0 Å². The molecule has 1 fully saturated rings. The summed E-state index contributed by atoms with van der Waals surface area (Å²) in [5.41, 5.74) is 0. The molecule has 0 spiro atoms. The highest BCUT2D eigenvalue weighted by Gasteiger charge is 2.34. The molecule has 11 heavy (non-hydrogen) atoms. The van der Waals surface area contributed by atoms with Gasteiger partial charge >= 0.3 is 0 Å². The van der Waals surface area contributed by atoms with Crippen LogP contribution in [0.1, 0.15) is 44.9 Å². The van der Waals surface area contributed by atoms with Crippen LogP contribution in [-0.2, 0) is 0 Å². The maximum atomic E-state index is 2.41. The van der Waals surface area contributed by atoms with Crippen LogP contribution in [0.4, 0.5) is 0 Å². The van der Waals surface area contributed by atoms with Gasteiger partial charge in [0.2, 0.25) is 0 Å². The van der Waals surface area contributed by atoms with Crippen LogP contribution < -0.4 is 0 Å². The minimum absolute atomic E-state index is 1.09. The van der Waals surface area contributed by atoms with E-state index < -0.39 is 0 Å². The Labute approximate surface area is 69.7 Å². The van der Waals surface area contributed by atoms with Crippen molar-refractivity contribution in [2.75, 3.05) is 0 Å². The summed E-state index contributed by atoms with van der Waals surface area (Å²) in [6.45, 7) is 0. The third kappa shape index (κ3) is 2.08. The number of allylic oxidation sites excluding steroid dienone is 2. The van der Waals surface area contributed by atoms with Crippen molar-refractivity contribution in [2.24, 2.45) is 11.8 Å². The van der Waals surface area contributed by atoms with E-state index in [1.807, 2.05) is 0 Å². The summed E-state index contributed by atoms with van der Waals surface area (Å²) in [6.07, 6.45) is 15.0. The van der Waals surface area contributed by atoms with Gasteiger partial charge in [0, 0.05) is 0 Å². The molecule has 0 bridgehead atoms. The molecule has 0 aliphatic heterocycles. The lowest BCUT2D eigenvalue weighted by Gasteiger charge is -2.01. The van der Waals surface area contributed by atoms with Gasteiger partial charge in [0.15, 0.2) is 0 Å². The van der Waals surface area contributed by atoms with Crippen molar-refractivity contribution in [2.45, 2.75) is 44.9 Å². The first kappa shape index (κ1) is 7.39. The summed E-state index contributed by atoms with van der Waals surface area (Å²) in [5, 5.41) is 0. The molecule has 0 N–H and O–H groups in total. The lowest BCUT2D eigenvalue weighted by Crippen LogP contribution is -1.85. The largest absolute Gasteiger partial charge is 0.0885 e. The fraction of sp³-hybridized carbons (Fsp3) is 0.818. The van der Waals surface area contributed by atoms with Crippen LogP contribution in [-0.4, -0.2) is 0 Å². The standard InChI is InChI=1S/C11H18/c1-2-4-6-8-11-9-10(11)7-5-3-1/h3,5,10-11H,1-2,4,6-9H2/b5-3-. The second-order valence-corrected chi connectivity index (χ2v) is 4.10. The van der Waals surface area contributed by atoms with Gasteiger partial charge in [-0.15, -0.1) is 0 Å². The van der Waals surface area contributed by atoms with E-state index in [9.17, 15) is 0 Å². The topological polar surface area (TPSA) is 0 Å². The summed E-state index contributed by atoms with van der Waals surface area (Å²) in [6, 6.07) is 0. The third-order valence-corrected chi connectivity index (χ3v) is 3.12. The van der Waals surface area contributed by atoms with Crippen LogP contribution in [0, 0.1) is 11.8 Å². The van der Waals surface area contributed by atoms with Gasteiger partial charge in [0.05, 0.1) is 0 Å². The Bertz CT molecular complexity index is 146. The zero-order valence-corrected chi connectivity index (χ0v) is 7.26. The normalized spacial score (nSPS) is 40.7. The average molecular weight is 150 g/mol. The molecule has 0 saturated heterocycles. The fourth-order valence-corrected chi connectivity index (χ4v) is 2.19. The zero-order chi connectivity index (χ0) is 7.52. The van der Waals surface area contributed by atoms with E-state index in [2.05, 4.69) is 12.2 Å². The van der Waals surface area contributed by atoms with E-state index in [-0.39, 0.29) is 0 Å². The highest BCUT2D eigenvalue weighted by Crippen LogP contribution is 2.45. The molecular weight excluding hydrogens is 132 g/mol. The van der Waals surface area contributed by atoms with Crippen molar-refractivity contribution in [1.29, 1.82) is 0 Å². The predicted molar refractivity (Wildman–Crippen MR) is 48.4 cm³/mol. The maximum absolute atomic E-state index is 2.41. The minimum atomic E-state index is 1.09. The smallest absolute Gasteiger partial charge is 0.0319 e. The van der Waals surface area contributed by atoms with Gasteiger partial charge in [-0.25, -0.2) is 0 Å². The predicted octanol–water partition coefficient (Wildman–Crippen LogP) is 3.53. The fourth-order valence-electron chi connectivity index (χ4n) is 2.19. The first-order valence-electron chi connectivity index (χ1n) is 5.12. The summed E-state index contributed by atoms with van der Waals surface area (Å²) in [5.74, 6) is 2.21. The van der Waals surface area contributed by atoms with Gasteiger partial charge in [-0.1, -0.05) is 31.4 Å². The van der Waals surface area contributed by atoms with E-state index in [1.165, 1.54) is 44.9 Å². The Morgan fingerprint density at radius 2 is 1.91 bits per heavy atom. The zero-order valence-electron chi connectivity index (χ0n) is 7.26. The van der Waals surface area contributed by atoms with Crippen molar-refractivity contribution < 1.29 is 0 Å². The molecule has 0 nitrogen and oxygen atoms in total.